The normalized spacial score (nSPS) is 43.5. The number of benzene rings is 1. The van der Waals surface area contributed by atoms with Crippen molar-refractivity contribution in [1.29, 1.82) is 0 Å². The van der Waals surface area contributed by atoms with E-state index in [4.69, 9.17) is 4.18 Å². The molecule has 4 heteroatoms. The summed E-state index contributed by atoms with van der Waals surface area (Å²) in [4.78, 5) is 0.290. The monoisotopic (exact) mass is 430 g/mol. The van der Waals surface area contributed by atoms with Crippen LogP contribution in [0.25, 0.3) is 0 Å². The lowest BCUT2D eigenvalue weighted by molar-refractivity contribution is -0.117. The van der Waals surface area contributed by atoms with Crippen molar-refractivity contribution in [2.45, 2.75) is 96.0 Å². The second-order valence-corrected chi connectivity index (χ2v) is 13.1. The number of hydrogen-bond donors (Lipinski definition) is 0. The summed E-state index contributed by atoms with van der Waals surface area (Å²) in [5.74, 6) is 3.28. The maximum atomic E-state index is 12.8. The van der Waals surface area contributed by atoms with Gasteiger partial charge in [0, 0.05) is 0 Å². The molecule has 7 atom stereocenters. The molecule has 4 aliphatic rings. The molecule has 0 radical (unpaired) electrons. The SMILES string of the molecule is Cc1ccc(S(=O)(=O)O[C@@H]2CC[C@@]3(C)[C@H](CC[C@@H]4[C@H]5CCC[C@@]5(C)CC[C@H]43)C2)cc1. The van der Waals surface area contributed by atoms with Crippen molar-refractivity contribution in [3.63, 3.8) is 0 Å². The third-order valence-electron chi connectivity index (χ3n) is 9.97. The summed E-state index contributed by atoms with van der Waals surface area (Å²) in [5.41, 5.74) is 2.04. The van der Waals surface area contributed by atoms with E-state index in [1.807, 2.05) is 19.1 Å². The number of hydrogen-bond acceptors (Lipinski definition) is 3. The van der Waals surface area contributed by atoms with Gasteiger partial charge in [0.15, 0.2) is 0 Å². The number of rotatable bonds is 3. The molecule has 30 heavy (non-hydrogen) atoms. The predicted molar refractivity (Wildman–Crippen MR) is 120 cm³/mol. The fourth-order valence-electron chi connectivity index (χ4n) is 8.24. The Hall–Kier alpha value is -0.870. The average molecular weight is 431 g/mol. The minimum absolute atomic E-state index is 0.161. The first-order valence-corrected chi connectivity index (χ1v) is 13.6. The Kier molecular flexibility index (Phi) is 5.13. The molecule has 0 amide bonds. The molecule has 0 N–H and O–H groups in total. The predicted octanol–water partition coefficient (Wildman–Crippen LogP) is 6.50. The van der Waals surface area contributed by atoms with Gasteiger partial charge in [0.25, 0.3) is 10.1 Å². The first-order valence-electron chi connectivity index (χ1n) is 12.2. The van der Waals surface area contributed by atoms with Crippen LogP contribution in [0.3, 0.4) is 0 Å². The van der Waals surface area contributed by atoms with E-state index in [0.717, 1.165) is 42.6 Å². The van der Waals surface area contributed by atoms with Crippen molar-refractivity contribution >= 4 is 10.1 Å². The number of fused-ring (bicyclic) bond motifs is 5. The average Bonchev–Trinajstić information content (AvgIpc) is 3.10. The highest BCUT2D eigenvalue weighted by atomic mass is 32.2. The van der Waals surface area contributed by atoms with Gasteiger partial charge >= 0.3 is 0 Å². The van der Waals surface area contributed by atoms with Gasteiger partial charge in [0.1, 0.15) is 0 Å². The van der Waals surface area contributed by atoms with Gasteiger partial charge in [-0.2, -0.15) is 8.42 Å². The van der Waals surface area contributed by atoms with Crippen LogP contribution in [0.4, 0.5) is 0 Å². The van der Waals surface area contributed by atoms with E-state index in [1.54, 1.807) is 12.1 Å². The molecule has 0 heterocycles. The molecule has 4 aliphatic carbocycles. The van der Waals surface area contributed by atoms with Crippen molar-refractivity contribution in [2.24, 2.45) is 34.5 Å². The summed E-state index contributed by atoms with van der Waals surface area (Å²) in [5, 5.41) is 0. The third kappa shape index (κ3) is 3.37. The molecule has 0 aliphatic heterocycles. The summed E-state index contributed by atoms with van der Waals surface area (Å²) in [6.07, 6.45) is 12.5. The van der Waals surface area contributed by atoms with Crippen molar-refractivity contribution < 1.29 is 12.6 Å². The molecule has 1 aromatic carbocycles. The zero-order valence-electron chi connectivity index (χ0n) is 18.9. The van der Waals surface area contributed by atoms with Gasteiger partial charge in [-0.3, -0.25) is 4.18 Å². The van der Waals surface area contributed by atoms with Crippen LogP contribution in [0.5, 0.6) is 0 Å². The highest BCUT2D eigenvalue weighted by Crippen LogP contribution is 2.66. The first kappa shape index (κ1) is 21.0. The van der Waals surface area contributed by atoms with E-state index >= 15 is 0 Å². The molecular formula is C26H38O3S. The van der Waals surface area contributed by atoms with Gasteiger partial charge < -0.3 is 0 Å². The topological polar surface area (TPSA) is 43.4 Å². The summed E-state index contributed by atoms with van der Waals surface area (Å²) in [7, 11) is -3.68. The largest absolute Gasteiger partial charge is 0.297 e. The van der Waals surface area contributed by atoms with Gasteiger partial charge in [-0.05, 0) is 111 Å². The minimum Gasteiger partial charge on any atom is -0.263 e. The van der Waals surface area contributed by atoms with E-state index in [1.165, 1.54) is 44.9 Å². The summed E-state index contributed by atoms with van der Waals surface area (Å²) in [6, 6.07) is 7.03. The molecular weight excluding hydrogens is 392 g/mol. The van der Waals surface area contributed by atoms with E-state index in [0.29, 0.717) is 16.7 Å². The fourth-order valence-corrected chi connectivity index (χ4v) is 9.35. The molecule has 0 saturated heterocycles. The highest BCUT2D eigenvalue weighted by Gasteiger charge is 2.58. The van der Waals surface area contributed by atoms with Crippen LogP contribution in [0.15, 0.2) is 29.2 Å². The van der Waals surface area contributed by atoms with E-state index in [-0.39, 0.29) is 11.0 Å². The van der Waals surface area contributed by atoms with Crippen LogP contribution in [0.2, 0.25) is 0 Å². The smallest absolute Gasteiger partial charge is 0.263 e. The molecule has 1 aromatic rings. The van der Waals surface area contributed by atoms with Crippen molar-refractivity contribution in [3.8, 4) is 0 Å². The lowest BCUT2D eigenvalue weighted by Gasteiger charge is -2.60. The minimum atomic E-state index is -3.68. The third-order valence-corrected chi connectivity index (χ3v) is 11.3. The summed E-state index contributed by atoms with van der Waals surface area (Å²) >= 11 is 0. The zero-order chi connectivity index (χ0) is 21.1. The molecule has 3 nitrogen and oxygen atoms in total. The van der Waals surface area contributed by atoms with Crippen molar-refractivity contribution in [3.05, 3.63) is 29.8 Å². The Morgan fingerprint density at radius 3 is 2.43 bits per heavy atom. The number of aryl methyl sites for hydroxylation is 1. The molecule has 4 saturated carbocycles. The van der Waals surface area contributed by atoms with Gasteiger partial charge in [0.2, 0.25) is 0 Å². The molecule has 5 rings (SSSR count). The standard InChI is InChI=1S/C26H38O3S/c1-18-6-9-21(10-7-18)30(27,28)29-20-12-16-26(3)19(17-20)8-11-22-23-5-4-14-25(23,2)15-13-24(22)26/h6-7,9-10,19-20,22-24H,4-5,8,11-17H2,1-3H3/t19-,20-,22-,23-,24-,25+,26+/m1/s1. The quantitative estimate of drug-likeness (QED) is 0.514. The highest BCUT2D eigenvalue weighted by molar-refractivity contribution is 7.86. The molecule has 0 unspecified atom stereocenters. The van der Waals surface area contributed by atoms with Crippen molar-refractivity contribution in [2.75, 3.05) is 0 Å². The Bertz CT molecular complexity index is 891. The fraction of sp³-hybridized carbons (Fsp3) is 0.769. The lowest BCUT2D eigenvalue weighted by Crippen LogP contribution is -2.53. The Morgan fingerprint density at radius 2 is 1.67 bits per heavy atom. The molecule has 4 fully saturated rings. The van der Waals surface area contributed by atoms with Gasteiger partial charge in [-0.15, -0.1) is 0 Å². The first-order chi connectivity index (χ1) is 14.2. The van der Waals surface area contributed by atoms with Gasteiger partial charge in [-0.1, -0.05) is 38.0 Å². The van der Waals surface area contributed by atoms with Gasteiger partial charge in [-0.25, -0.2) is 0 Å². The second kappa shape index (κ2) is 7.33. The molecule has 166 valence electrons. The van der Waals surface area contributed by atoms with Crippen LogP contribution >= 0.6 is 0 Å². The van der Waals surface area contributed by atoms with E-state index < -0.39 is 10.1 Å². The second-order valence-electron chi connectivity index (χ2n) is 11.5. The summed E-state index contributed by atoms with van der Waals surface area (Å²) < 4.78 is 31.4. The van der Waals surface area contributed by atoms with Crippen molar-refractivity contribution in [1.82, 2.24) is 0 Å². The maximum Gasteiger partial charge on any atom is 0.297 e. The maximum absolute atomic E-state index is 12.8. The lowest BCUT2D eigenvalue weighted by atomic mass is 9.45. The van der Waals surface area contributed by atoms with E-state index in [9.17, 15) is 8.42 Å². The summed E-state index contributed by atoms with van der Waals surface area (Å²) in [6.45, 7) is 7.07. The van der Waals surface area contributed by atoms with Gasteiger partial charge in [0.05, 0.1) is 11.0 Å². The molecule has 0 aromatic heterocycles. The van der Waals surface area contributed by atoms with Crippen LogP contribution in [-0.4, -0.2) is 14.5 Å². The zero-order valence-corrected chi connectivity index (χ0v) is 19.7. The Balaban J connectivity index is 1.30. The van der Waals surface area contributed by atoms with Crippen LogP contribution in [0.1, 0.15) is 83.6 Å². The van der Waals surface area contributed by atoms with Crippen LogP contribution in [0, 0.1) is 41.4 Å². The van der Waals surface area contributed by atoms with Crippen LogP contribution in [-0.2, 0) is 14.3 Å². The molecule has 0 bridgehead atoms. The Labute approximate surface area is 183 Å². The van der Waals surface area contributed by atoms with Crippen LogP contribution < -0.4 is 0 Å². The Morgan fingerprint density at radius 1 is 0.900 bits per heavy atom. The molecule has 0 spiro atoms. The van der Waals surface area contributed by atoms with E-state index in [2.05, 4.69) is 13.8 Å².